The number of halogens is 1. The van der Waals surface area contributed by atoms with Crippen LogP contribution in [0.15, 0.2) is 21.9 Å². The zero-order valence-electron chi connectivity index (χ0n) is 15.4. The number of aromatic nitrogens is 2. The smallest absolute Gasteiger partial charge is 0.387 e. The van der Waals surface area contributed by atoms with Gasteiger partial charge in [0.2, 0.25) is 0 Å². The molecule has 0 aromatic carbocycles. The average Bonchev–Trinajstić information content (AvgIpc) is 2.79. The van der Waals surface area contributed by atoms with Gasteiger partial charge in [0.1, 0.15) is 18.4 Å². The molecule has 6 atom stereocenters. The molecule has 2 rings (SSSR count). The van der Waals surface area contributed by atoms with Crippen molar-refractivity contribution in [3.8, 4) is 0 Å². The first-order valence-electron chi connectivity index (χ1n) is 7.95. The van der Waals surface area contributed by atoms with Crippen LogP contribution in [0.2, 0.25) is 0 Å². The molecule has 1 aromatic heterocycles. The molecular weight excluding hydrogens is 512 g/mol. The molecule has 1 aliphatic rings. The summed E-state index contributed by atoms with van der Waals surface area (Å²) >= 11 is 4.64. The summed E-state index contributed by atoms with van der Waals surface area (Å²) in [5, 5.41) is 21.1. The van der Waals surface area contributed by atoms with Crippen molar-refractivity contribution in [3.63, 3.8) is 0 Å². The van der Waals surface area contributed by atoms with Gasteiger partial charge in [0.25, 0.3) is 5.56 Å². The summed E-state index contributed by atoms with van der Waals surface area (Å²) in [7, 11) is -14.0. The van der Waals surface area contributed by atoms with Crippen LogP contribution >= 0.6 is 22.8 Å². The van der Waals surface area contributed by atoms with Crippen LogP contribution in [0.5, 0.6) is 0 Å². The summed E-state index contributed by atoms with van der Waals surface area (Å²) in [5.41, 5.74) is -6.43. The van der Waals surface area contributed by atoms with Crippen LogP contribution < -0.4 is 11.2 Å². The highest BCUT2D eigenvalue weighted by molar-refractivity contribution is 8.02. The number of aromatic amines is 1. The number of hydrogen-bond donors (Lipinski definition) is 6. The molecule has 1 saturated heterocycles. The van der Waals surface area contributed by atoms with E-state index in [9.17, 15) is 38.2 Å². The first-order valence-corrected chi connectivity index (χ1v) is 13.4. The summed E-state index contributed by atoms with van der Waals surface area (Å²) in [4.78, 5) is 51.5. The van der Waals surface area contributed by atoms with E-state index in [4.69, 9.17) is 19.0 Å². The molecule has 1 aromatic rings. The van der Waals surface area contributed by atoms with Crippen LogP contribution in [0.1, 0.15) is 13.2 Å². The topological polar surface area (TPSA) is 227 Å². The van der Waals surface area contributed by atoms with Crippen molar-refractivity contribution in [1.82, 2.24) is 9.55 Å². The molecule has 0 bridgehead atoms. The zero-order valence-corrected chi connectivity index (χ0v) is 19.0. The quantitative estimate of drug-likeness (QED) is 0.203. The number of phosphoric acid groups is 2. The van der Waals surface area contributed by atoms with Crippen LogP contribution in [0.4, 0.5) is 4.39 Å². The second-order valence-electron chi connectivity index (χ2n) is 6.49. The Morgan fingerprint density at radius 1 is 1.39 bits per heavy atom. The Hall–Kier alpha value is -0.640. The highest BCUT2D eigenvalue weighted by Crippen LogP contribution is 2.62. The molecule has 1 fully saturated rings. The molecule has 0 radical (unpaired) electrons. The lowest BCUT2D eigenvalue weighted by molar-refractivity contribution is -0.135. The lowest BCUT2D eigenvalue weighted by atomic mass is 9.88. The highest BCUT2D eigenvalue weighted by atomic mass is 32.4. The number of nitrogens with zero attached hydrogens (tertiary/aromatic N) is 1. The lowest BCUT2D eigenvalue weighted by Gasteiger charge is -2.30. The Morgan fingerprint density at radius 3 is 2.52 bits per heavy atom. The Bertz CT molecular complexity index is 1060. The number of H-pyrrole nitrogens is 1. The van der Waals surface area contributed by atoms with Gasteiger partial charge in [-0.1, -0.05) is 0 Å². The minimum Gasteiger partial charge on any atom is -0.387 e. The standard InChI is InChI=1S/C11H18FN2O13P3S/c1-10(18)7(16)11(4-12,25-8(10)14-3-2-6(15)13-9(14)17)5-24-28(31)26-30(22,23)27-29(19,20)21/h2-3,7-8,16,18,28H,4-5H2,1H3,(H,22,23)(H,13,15,17)(H2,19,20,21)/t7-,8+,10+,11+/m0/s1. The van der Waals surface area contributed by atoms with Crippen molar-refractivity contribution in [2.75, 3.05) is 13.3 Å². The SMILES string of the molecule is C[C@@]1(O)[C@H](O)[C@@](CF)(CO[PH](=S)OP(=O)(O)OP(=O)(O)O)O[C@H]1n1ccc(=O)[nH]c1=O. The number of ether oxygens (including phenoxy) is 1. The normalized spacial score (nSPS) is 32.0. The predicted octanol–water partition coefficient (Wildman–Crippen LogP) is -1.37. The Balaban J connectivity index is 2.22. The van der Waals surface area contributed by atoms with Crippen molar-refractivity contribution in [2.45, 2.75) is 30.5 Å². The summed E-state index contributed by atoms with van der Waals surface area (Å²) in [6, 6.07) is 0.914. The number of hydrogen-bond acceptors (Lipinski definition) is 11. The first kappa shape index (κ1) is 26.6. The monoisotopic (exact) mass is 530 g/mol. The Morgan fingerprint density at radius 2 is 2.00 bits per heavy atom. The molecule has 0 amide bonds. The van der Waals surface area contributed by atoms with Crippen LogP contribution in [0.25, 0.3) is 0 Å². The van der Waals surface area contributed by atoms with Gasteiger partial charge in [-0.05, 0) is 18.7 Å². The van der Waals surface area contributed by atoms with Crippen molar-refractivity contribution < 1.29 is 56.3 Å². The molecule has 0 spiro atoms. The van der Waals surface area contributed by atoms with Crippen molar-refractivity contribution in [2.24, 2.45) is 0 Å². The molecule has 20 heteroatoms. The van der Waals surface area contributed by atoms with E-state index in [0.29, 0.717) is 4.57 Å². The fourth-order valence-electron chi connectivity index (χ4n) is 2.73. The number of alkyl halides is 1. The molecule has 0 aliphatic carbocycles. The summed E-state index contributed by atoms with van der Waals surface area (Å²) in [5.74, 6) is 0. The van der Waals surface area contributed by atoms with E-state index in [-0.39, 0.29) is 0 Å². The highest BCUT2D eigenvalue weighted by Gasteiger charge is 2.62. The van der Waals surface area contributed by atoms with Gasteiger partial charge in [-0.2, -0.15) is 4.31 Å². The lowest BCUT2D eigenvalue weighted by Crippen LogP contribution is -2.53. The van der Waals surface area contributed by atoms with Crippen LogP contribution in [0, 0.1) is 0 Å². The number of rotatable bonds is 9. The van der Waals surface area contributed by atoms with Gasteiger partial charge in [-0.3, -0.25) is 14.3 Å². The molecule has 0 saturated carbocycles. The molecule has 178 valence electrons. The number of aliphatic hydroxyl groups is 2. The van der Waals surface area contributed by atoms with Crippen molar-refractivity contribution in [1.29, 1.82) is 0 Å². The fraction of sp³-hybridized carbons (Fsp3) is 0.636. The minimum atomic E-state index is -5.42. The summed E-state index contributed by atoms with van der Waals surface area (Å²) in [6.07, 6.45) is -2.80. The molecule has 15 nitrogen and oxygen atoms in total. The van der Waals surface area contributed by atoms with Crippen molar-refractivity contribution >= 4 is 34.6 Å². The van der Waals surface area contributed by atoms with Gasteiger partial charge in [0, 0.05) is 12.3 Å². The second kappa shape index (κ2) is 9.31. The molecular formula is C11H18FN2O13P3S. The first-order chi connectivity index (χ1) is 14.0. The minimum absolute atomic E-state index is 0.688. The van der Waals surface area contributed by atoms with E-state index < -0.39 is 70.9 Å². The third-order valence-electron chi connectivity index (χ3n) is 4.06. The summed E-state index contributed by atoms with van der Waals surface area (Å²) in [6.45, 7) is -1.45. The maximum atomic E-state index is 13.9. The predicted molar refractivity (Wildman–Crippen MR) is 102 cm³/mol. The van der Waals surface area contributed by atoms with E-state index >= 15 is 0 Å². The second-order valence-corrected chi connectivity index (χ2v) is 11.6. The van der Waals surface area contributed by atoms with Gasteiger partial charge in [0.15, 0.2) is 19.0 Å². The summed E-state index contributed by atoms with van der Waals surface area (Å²) < 4.78 is 54.8. The van der Waals surface area contributed by atoms with E-state index in [2.05, 4.69) is 20.4 Å². The average molecular weight is 530 g/mol. The van der Waals surface area contributed by atoms with E-state index in [1.165, 1.54) is 0 Å². The molecule has 2 unspecified atom stereocenters. The molecule has 31 heavy (non-hydrogen) atoms. The van der Waals surface area contributed by atoms with Gasteiger partial charge >= 0.3 is 21.3 Å². The maximum Gasteiger partial charge on any atom is 0.486 e. The van der Waals surface area contributed by atoms with Crippen LogP contribution in [0.3, 0.4) is 0 Å². The molecule has 2 heterocycles. The van der Waals surface area contributed by atoms with Gasteiger partial charge < -0.3 is 34.2 Å². The fourth-order valence-corrected chi connectivity index (χ4v) is 6.59. The number of nitrogens with one attached hydrogen (secondary N) is 1. The zero-order chi connectivity index (χ0) is 23.8. The van der Waals surface area contributed by atoms with Gasteiger partial charge in [-0.25, -0.2) is 22.6 Å². The van der Waals surface area contributed by atoms with Crippen LogP contribution in [-0.4, -0.2) is 65.0 Å². The van der Waals surface area contributed by atoms with E-state index in [0.717, 1.165) is 19.2 Å². The van der Waals surface area contributed by atoms with Gasteiger partial charge in [0.05, 0.1) is 6.61 Å². The Labute approximate surface area is 177 Å². The molecule has 6 N–H and O–H groups in total. The third kappa shape index (κ3) is 6.24. The molecule has 1 aliphatic heterocycles. The van der Waals surface area contributed by atoms with E-state index in [1.807, 2.05) is 4.98 Å². The van der Waals surface area contributed by atoms with E-state index in [1.54, 1.807) is 0 Å². The van der Waals surface area contributed by atoms with Crippen LogP contribution in [-0.2, 0) is 38.8 Å². The third-order valence-corrected chi connectivity index (χ3v) is 8.66. The maximum absolute atomic E-state index is 13.9. The number of aliphatic hydroxyl groups excluding tert-OH is 1. The van der Waals surface area contributed by atoms with Gasteiger partial charge in [-0.15, -0.1) is 0 Å². The largest absolute Gasteiger partial charge is 0.486 e. The van der Waals surface area contributed by atoms with Crippen molar-refractivity contribution in [3.05, 3.63) is 33.1 Å². The Kier molecular flexibility index (Phi) is 7.99.